The van der Waals surface area contributed by atoms with Crippen molar-refractivity contribution in [3.8, 4) is 11.5 Å². The average molecular weight is 255 g/mol. The third-order valence-corrected chi connectivity index (χ3v) is 2.16. The Morgan fingerprint density at radius 2 is 2.22 bits per heavy atom. The van der Waals surface area contributed by atoms with Gasteiger partial charge in [-0.2, -0.15) is 0 Å². The number of benzene rings is 1. The Kier molecular flexibility index (Phi) is 4.91. The van der Waals surface area contributed by atoms with Crippen LogP contribution >= 0.6 is 0 Å². The van der Waals surface area contributed by atoms with Crippen molar-refractivity contribution in [1.82, 2.24) is 0 Å². The summed E-state index contributed by atoms with van der Waals surface area (Å²) in [5.74, 6) is -0.464. The number of nitro benzene ring substituents is 1. The van der Waals surface area contributed by atoms with E-state index in [1.165, 1.54) is 19.2 Å². The third-order valence-electron chi connectivity index (χ3n) is 2.16. The van der Waals surface area contributed by atoms with Crippen molar-refractivity contribution in [2.75, 3.05) is 13.7 Å². The summed E-state index contributed by atoms with van der Waals surface area (Å²) >= 11 is 0. The highest BCUT2D eigenvalue weighted by Crippen LogP contribution is 2.31. The number of hydrogen-bond acceptors (Lipinski definition) is 5. The lowest BCUT2D eigenvalue weighted by molar-refractivity contribution is -0.385. The van der Waals surface area contributed by atoms with E-state index in [0.717, 1.165) is 0 Å². The fourth-order valence-electron chi connectivity index (χ4n) is 1.29. The summed E-state index contributed by atoms with van der Waals surface area (Å²) < 4.78 is 10.1. The van der Waals surface area contributed by atoms with Crippen molar-refractivity contribution in [2.45, 2.75) is 12.8 Å². The van der Waals surface area contributed by atoms with Crippen LogP contribution in [-0.4, -0.2) is 29.7 Å². The summed E-state index contributed by atoms with van der Waals surface area (Å²) in [6.45, 7) is 0.111. The van der Waals surface area contributed by atoms with Crippen LogP contribution in [-0.2, 0) is 4.79 Å². The summed E-state index contributed by atoms with van der Waals surface area (Å²) in [6, 6.07) is 4.23. The van der Waals surface area contributed by atoms with Crippen molar-refractivity contribution >= 4 is 11.7 Å². The molecule has 0 aliphatic heterocycles. The molecule has 1 N–H and O–H groups in total. The molecule has 7 heteroatoms. The Morgan fingerprint density at radius 3 is 2.78 bits per heavy atom. The minimum Gasteiger partial charge on any atom is -0.496 e. The van der Waals surface area contributed by atoms with Crippen molar-refractivity contribution in [1.29, 1.82) is 0 Å². The molecule has 0 atom stereocenters. The molecule has 0 heterocycles. The van der Waals surface area contributed by atoms with Gasteiger partial charge in [0, 0.05) is 6.42 Å². The second-order valence-corrected chi connectivity index (χ2v) is 3.44. The zero-order chi connectivity index (χ0) is 13.5. The molecular formula is C11H13NO6. The quantitative estimate of drug-likeness (QED) is 0.453. The summed E-state index contributed by atoms with van der Waals surface area (Å²) in [7, 11) is 1.41. The van der Waals surface area contributed by atoms with Gasteiger partial charge in [0.05, 0.1) is 24.7 Å². The first-order chi connectivity index (χ1) is 8.54. The van der Waals surface area contributed by atoms with E-state index in [-0.39, 0.29) is 24.5 Å². The Bertz CT molecular complexity index is 445. The smallest absolute Gasteiger partial charge is 0.314 e. The van der Waals surface area contributed by atoms with Gasteiger partial charge >= 0.3 is 11.7 Å². The molecule has 0 aliphatic rings. The second kappa shape index (κ2) is 6.43. The number of methoxy groups -OCH3 is 1. The Hall–Kier alpha value is -2.31. The summed E-state index contributed by atoms with van der Waals surface area (Å²) in [4.78, 5) is 20.5. The first-order valence-electron chi connectivity index (χ1n) is 5.21. The standard InChI is InChI=1S/C11H13NO6/c1-17-8-4-5-10(9(7-8)12(15)16)18-6-2-3-11(13)14/h4-5,7H,2-3,6H2,1H3,(H,13,14). The topological polar surface area (TPSA) is 98.9 Å². The minimum absolute atomic E-state index is 0.0377. The van der Waals surface area contributed by atoms with Crippen LogP contribution in [0, 0.1) is 10.1 Å². The highest BCUT2D eigenvalue weighted by Gasteiger charge is 2.16. The lowest BCUT2D eigenvalue weighted by atomic mass is 10.2. The van der Waals surface area contributed by atoms with Gasteiger partial charge in [-0.25, -0.2) is 0 Å². The Labute approximate surface area is 103 Å². The number of carboxylic acids is 1. The molecule has 0 aromatic heterocycles. The zero-order valence-electron chi connectivity index (χ0n) is 9.79. The van der Waals surface area contributed by atoms with Crippen LogP contribution in [0.25, 0.3) is 0 Å². The second-order valence-electron chi connectivity index (χ2n) is 3.44. The molecule has 0 radical (unpaired) electrons. The average Bonchev–Trinajstić information content (AvgIpc) is 2.34. The van der Waals surface area contributed by atoms with Gasteiger partial charge in [0.15, 0.2) is 5.75 Å². The fraction of sp³-hybridized carbons (Fsp3) is 0.364. The Morgan fingerprint density at radius 1 is 1.50 bits per heavy atom. The highest BCUT2D eigenvalue weighted by molar-refractivity contribution is 5.66. The van der Waals surface area contributed by atoms with Gasteiger partial charge in [-0.05, 0) is 18.6 Å². The molecule has 0 fully saturated rings. The van der Waals surface area contributed by atoms with E-state index in [9.17, 15) is 14.9 Å². The number of hydrogen-bond donors (Lipinski definition) is 1. The van der Waals surface area contributed by atoms with Crippen molar-refractivity contribution in [3.63, 3.8) is 0 Å². The Balaban J connectivity index is 2.69. The third kappa shape index (κ3) is 3.93. The van der Waals surface area contributed by atoms with Crippen LogP contribution in [0.15, 0.2) is 18.2 Å². The van der Waals surface area contributed by atoms with Crippen molar-refractivity contribution < 1.29 is 24.3 Å². The van der Waals surface area contributed by atoms with E-state index in [1.807, 2.05) is 0 Å². The summed E-state index contributed by atoms with van der Waals surface area (Å²) in [5.41, 5.74) is -0.204. The SMILES string of the molecule is COc1ccc(OCCCC(=O)O)c([N+](=O)[O-])c1. The van der Waals surface area contributed by atoms with Gasteiger partial charge in [-0.1, -0.05) is 0 Å². The monoisotopic (exact) mass is 255 g/mol. The molecule has 0 spiro atoms. The van der Waals surface area contributed by atoms with Crippen molar-refractivity contribution in [3.05, 3.63) is 28.3 Å². The number of aliphatic carboxylic acids is 1. The highest BCUT2D eigenvalue weighted by atomic mass is 16.6. The van der Waals surface area contributed by atoms with Crippen LogP contribution in [0.2, 0.25) is 0 Å². The first-order valence-corrected chi connectivity index (χ1v) is 5.21. The number of carboxylic acid groups (broad SMARTS) is 1. The molecule has 0 amide bonds. The normalized spacial score (nSPS) is 9.83. The van der Waals surface area contributed by atoms with Gasteiger partial charge in [0.25, 0.3) is 0 Å². The van der Waals surface area contributed by atoms with Crippen LogP contribution in [0.3, 0.4) is 0 Å². The number of rotatable bonds is 7. The molecule has 0 aliphatic carbocycles. The molecule has 1 aromatic carbocycles. The lowest BCUT2D eigenvalue weighted by Gasteiger charge is -2.07. The summed E-state index contributed by atoms with van der Waals surface area (Å²) in [5, 5.41) is 19.2. The molecule has 0 unspecified atom stereocenters. The van der Waals surface area contributed by atoms with E-state index in [2.05, 4.69) is 0 Å². The maximum absolute atomic E-state index is 10.8. The maximum atomic E-state index is 10.8. The van der Waals surface area contributed by atoms with Gasteiger partial charge in [0.2, 0.25) is 0 Å². The molecule has 0 saturated heterocycles. The first kappa shape index (κ1) is 13.8. The molecule has 98 valence electrons. The number of nitrogens with zero attached hydrogens (tertiary/aromatic N) is 1. The molecular weight excluding hydrogens is 242 g/mol. The molecule has 1 aromatic rings. The van der Waals surface area contributed by atoms with Gasteiger partial charge in [-0.15, -0.1) is 0 Å². The van der Waals surface area contributed by atoms with E-state index >= 15 is 0 Å². The number of carbonyl (C=O) groups is 1. The molecule has 0 bridgehead atoms. The predicted molar refractivity (Wildman–Crippen MR) is 62.0 cm³/mol. The molecule has 7 nitrogen and oxygen atoms in total. The minimum atomic E-state index is -0.928. The van der Waals surface area contributed by atoms with E-state index in [1.54, 1.807) is 6.07 Å². The van der Waals surface area contributed by atoms with Crippen LogP contribution < -0.4 is 9.47 Å². The lowest BCUT2D eigenvalue weighted by Crippen LogP contribution is -2.03. The number of nitro groups is 1. The molecule has 1 rings (SSSR count). The fourth-order valence-corrected chi connectivity index (χ4v) is 1.29. The van der Waals surface area contributed by atoms with E-state index in [4.69, 9.17) is 14.6 Å². The van der Waals surface area contributed by atoms with Gasteiger partial charge in [0.1, 0.15) is 5.75 Å². The molecule has 18 heavy (non-hydrogen) atoms. The van der Waals surface area contributed by atoms with E-state index in [0.29, 0.717) is 12.2 Å². The van der Waals surface area contributed by atoms with E-state index < -0.39 is 10.9 Å². The van der Waals surface area contributed by atoms with Gasteiger partial charge < -0.3 is 14.6 Å². The maximum Gasteiger partial charge on any atom is 0.314 e. The predicted octanol–water partition coefficient (Wildman–Crippen LogP) is 1.85. The van der Waals surface area contributed by atoms with Crippen LogP contribution in [0.1, 0.15) is 12.8 Å². The summed E-state index contributed by atoms with van der Waals surface area (Å²) in [6.07, 6.45) is 0.252. The van der Waals surface area contributed by atoms with Crippen LogP contribution in [0.5, 0.6) is 11.5 Å². The van der Waals surface area contributed by atoms with Crippen LogP contribution in [0.4, 0.5) is 5.69 Å². The van der Waals surface area contributed by atoms with Gasteiger partial charge in [-0.3, -0.25) is 14.9 Å². The number of ether oxygens (including phenoxy) is 2. The molecule has 0 saturated carbocycles. The zero-order valence-corrected chi connectivity index (χ0v) is 9.79. The van der Waals surface area contributed by atoms with Crippen molar-refractivity contribution in [2.24, 2.45) is 0 Å². The largest absolute Gasteiger partial charge is 0.496 e.